The van der Waals surface area contributed by atoms with Crippen molar-refractivity contribution in [1.29, 1.82) is 0 Å². The SMILES string of the molecule is COc1c(Br)cc(Br)cc1C=C(CNC(C)C)C(C)C. The Labute approximate surface area is 139 Å². The molecule has 0 aliphatic rings. The standard InChI is InChI=1S/C16H23Br2NO/c1-10(2)13(9-19-11(3)4)6-12-7-14(17)8-15(18)16(12)20-5/h6-8,10-11,19H,9H2,1-5H3. The van der Waals surface area contributed by atoms with Gasteiger partial charge >= 0.3 is 0 Å². The molecule has 1 N–H and O–H groups in total. The van der Waals surface area contributed by atoms with Crippen molar-refractivity contribution in [3.63, 3.8) is 0 Å². The van der Waals surface area contributed by atoms with Crippen LogP contribution < -0.4 is 10.1 Å². The van der Waals surface area contributed by atoms with Gasteiger partial charge in [0, 0.05) is 22.6 Å². The fourth-order valence-corrected chi connectivity index (χ4v) is 3.27. The summed E-state index contributed by atoms with van der Waals surface area (Å²) >= 11 is 7.08. The molecule has 1 rings (SSSR count). The van der Waals surface area contributed by atoms with E-state index < -0.39 is 0 Å². The molecule has 0 aliphatic carbocycles. The molecule has 20 heavy (non-hydrogen) atoms. The maximum atomic E-state index is 5.50. The van der Waals surface area contributed by atoms with Crippen LogP contribution in [0.25, 0.3) is 6.08 Å². The lowest BCUT2D eigenvalue weighted by molar-refractivity contribution is 0.411. The molecule has 0 unspecified atom stereocenters. The summed E-state index contributed by atoms with van der Waals surface area (Å²) in [7, 11) is 1.70. The number of nitrogens with one attached hydrogen (secondary N) is 1. The van der Waals surface area contributed by atoms with Crippen LogP contribution in [0.4, 0.5) is 0 Å². The minimum Gasteiger partial charge on any atom is -0.495 e. The van der Waals surface area contributed by atoms with E-state index in [0.717, 1.165) is 26.8 Å². The van der Waals surface area contributed by atoms with E-state index in [2.05, 4.69) is 77.0 Å². The van der Waals surface area contributed by atoms with Crippen LogP contribution in [-0.2, 0) is 0 Å². The van der Waals surface area contributed by atoms with Gasteiger partial charge in [0.15, 0.2) is 0 Å². The summed E-state index contributed by atoms with van der Waals surface area (Å²) in [5.41, 5.74) is 2.45. The van der Waals surface area contributed by atoms with Crippen molar-refractivity contribution in [3.05, 3.63) is 32.2 Å². The van der Waals surface area contributed by atoms with Gasteiger partial charge < -0.3 is 10.1 Å². The molecule has 112 valence electrons. The second kappa shape index (κ2) is 8.20. The molecule has 0 fully saturated rings. The van der Waals surface area contributed by atoms with E-state index in [1.165, 1.54) is 5.57 Å². The molecule has 1 aromatic rings. The van der Waals surface area contributed by atoms with Crippen LogP contribution in [0.1, 0.15) is 33.3 Å². The molecule has 0 amide bonds. The van der Waals surface area contributed by atoms with Gasteiger partial charge in [-0.25, -0.2) is 0 Å². The number of hydrogen-bond acceptors (Lipinski definition) is 2. The van der Waals surface area contributed by atoms with Crippen molar-refractivity contribution in [1.82, 2.24) is 5.32 Å². The van der Waals surface area contributed by atoms with Crippen molar-refractivity contribution >= 4 is 37.9 Å². The van der Waals surface area contributed by atoms with Gasteiger partial charge in [-0.05, 0) is 34.0 Å². The quantitative estimate of drug-likeness (QED) is 0.698. The molecule has 0 bridgehead atoms. The predicted octanol–water partition coefficient (Wildman–Crippen LogP) is 5.26. The van der Waals surface area contributed by atoms with Crippen LogP contribution in [0, 0.1) is 5.92 Å². The third-order valence-corrected chi connectivity index (χ3v) is 4.09. The molecule has 0 aliphatic heterocycles. The molecule has 0 aromatic heterocycles. The monoisotopic (exact) mass is 403 g/mol. The number of ether oxygens (including phenoxy) is 1. The van der Waals surface area contributed by atoms with Crippen LogP contribution in [0.3, 0.4) is 0 Å². The van der Waals surface area contributed by atoms with Gasteiger partial charge in [-0.2, -0.15) is 0 Å². The van der Waals surface area contributed by atoms with Crippen LogP contribution in [0.2, 0.25) is 0 Å². The largest absolute Gasteiger partial charge is 0.495 e. The molecule has 2 nitrogen and oxygen atoms in total. The zero-order valence-electron chi connectivity index (χ0n) is 12.8. The second-order valence-corrected chi connectivity index (χ2v) is 7.19. The molecule has 0 saturated carbocycles. The summed E-state index contributed by atoms with van der Waals surface area (Å²) in [6.07, 6.45) is 2.22. The smallest absolute Gasteiger partial charge is 0.140 e. The molecule has 4 heteroatoms. The van der Waals surface area contributed by atoms with E-state index in [-0.39, 0.29) is 0 Å². The van der Waals surface area contributed by atoms with E-state index in [9.17, 15) is 0 Å². The molecular weight excluding hydrogens is 382 g/mol. The van der Waals surface area contributed by atoms with E-state index >= 15 is 0 Å². The van der Waals surface area contributed by atoms with E-state index in [1.54, 1.807) is 7.11 Å². The van der Waals surface area contributed by atoms with Gasteiger partial charge in [-0.3, -0.25) is 0 Å². The number of benzene rings is 1. The third-order valence-electron chi connectivity index (χ3n) is 3.04. The molecule has 0 heterocycles. The first-order chi connectivity index (χ1) is 9.35. The average molecular weight is 405 g/mol. The lowest BCUT2D eigenvalue weighted by Crippen LogP contribution is -2.26. The molecule has 1 aromatic carbocycles. The summed E-state index contributed by atoms with van der Waals surface area (Å²) in [6.45, 7) is 9.64. The Hall–Kier alpha value is -0.320. The Bertz CT molecular complexity index is 482. The van der Waals surface area contributed by atoms with Crippen molar-refractivity contribution in [2.24, 2.45) is 5.92 Å². The highest BCUT2D eigenvalue weighted by molar-refractivity contribution is 9.11. The van der Waals surface area contributed by atoms with Gasteiger partial charge in [0.25, 0.3) is 0 Å². The Balaban J connectivity index is 3.16. The highest BCUT2D eigenvalue weighted by atomic mass is 79.9. The summed E-state index contributed by atoms with van der Waals surface area (Å²) in [5, 5.41) is 3.48. The van der Waals surface area contributed by atoms with E-state index in [1.807, 2.05) is 6.07 Å². The maximum Gasteiger partial charge on any atom is 0.140 e. The maximum absolute atomic E-state index is 5.50. The topological polar surface area (TPSA) is 21.3 Å². The third kappa shape index (κ3) is 5.23. The fourth-order valence-electron chi connectivity index (χ4n) is 1.85. The first-order valence-corrected chi connectivity index (χ1v) is 8.40. The van der Waals surface area contributed by atoms with Crippen LogP contribution in [0.15, 0.2) is 26.7 Å². The van der Waals surface area contributed by atoms with Crippen molar-refractivity contribution in [2.75, 3.05) is 13.7 Å². The minimum absolute atomic E-state index is 0.480. The molecular formula is C16H23Br2NO. The van der Waals surface area contributed by atoms with Crippen LogP contribution >= 0.6 is 31.9 Å². The van der Waals surface area contributed by atoms with Gasteiger partial charge in [0.05, 0.1) is 11.6 Å². The average Bonchev–Trinajstić information content (AvgIpc) is 2.33. The first-order valence-electron chi connectivity index (χ1n) is 6.82. The van der Waals surface area contributed by atoms with Crippen molar-refractivity contribution in [3.8, 4) is 5.75 Å². The van der Waals surface area contributed by atoms with Gasteiger partial charge in [-0.1, -0.05) is 55.3 Å². The zero-order chi connectivity index (χ0) is 15.3. The summed E-state index contributed by atoms with van der Waals surface area (Å²) in [5.74, 6) is 1.36. The van der Waals surface area contributed by atoms with E-state index in [0.29, 0.717) is 12.0 Å². The van der Waals surface area contributed by atoms with E-state index in [4.69, 9.17) is 4.74 Å². The summed E-state index contributed by atoms with van der Waals surface area (Å²) in [6, 6.07) is 4.56. The van der Waals surface area contributed by atoms with Gasteiger partial charge in [-0.15, -0.1) is 0 Å². The normalized spacial score (nSPS) is 12.3. The zero-order valence-corrected chi connectivity index (χ0v) is 15.9. The first kappa shape index (κ1) is 17.7. The van der Waals surface area contributed by atoms with Crippen molar-refractivity contribution in [2.45, 2.75) is 33.7 Å². The number of halogens is 2. The highest BCUT2D eigenvalue weighted by Crippen LogP contribution is 2.34. The molecule has 0 atom stereocenters. The van der Waals surface area contributed by atoms with Crippen LogP contribution in [-0.4, -0.2) is 19.7 Å². The van der Waals surface area contributed by atoms with Gasteiger partial charge in [0.1, 0.15) is 5.75 Å². The predicted molar refractivity (Wildman–Crippen MR) is 94.3 cm³/mol. The summed E-state index contributed by atoms with van der Waals surface area (Å²) < 4.78 is 7.50. The van der Waals surface area contributed by atoms with Gasteiger partial charge in [0.2, 0.25) is 0 Å². The second-order valence-electron chi connectivity index (χ2n) is 5.42. The number of methoxy groups -OCH3 is 1. The Morgan fingerprint density at radius 2 is 1.90 bits per heavy atom. The number of rotatable bonds is 6. The minimum atomic E-state index is 0.480. The highest BCUT2D eigenvalue weighted by Gasteiger charge is 2.10. The molecule has 0 spiro atoms. The fraction of sp³-hybridized carbons (Fsp3) is 0.500. The summed E-state index contributed by atoms with van der Waals surface area (Å²) in [4.78, 5) is 0. The lowest BCUT2D eigenvalue weighted by Gasteiger charge is -2.16. The lowest BCUT2D eigenvalue weighted by atomic mass is 9.99. The van der Waals surface area contributed by atoms with Crippen molar-refractivity contribution < 1.29 is 4.74 Å². The Morgan fingerprint density at radius 1 is 1.25 bits per heavy atom. The van der Waals surface area contributed by atoms with Crippen LogP contribution in [0.5, 0.6) is 5.75 Å². The Morgan fingerprint density at radius 3 is 2.40 bits per heavy atom. The molecule has 0 radical (unpaired) electrons. The Kier molecular flexibility index (Phi) is 7.27. The number of hydrogen-bond donors (Lipinski definition) is 1. The molecule has 0 saturated heterocycles.